The minimum atomic E-state index is -0.427. The Kier molecular flexibility index (Phi) is 6.96. The van der Waals surface area contributed by atoms with Crippen LogP contribution in [0.3, 0.4) is 0 Å². The first-order chi connectivity index (χ1) is 17.1. The van der Waals surface area contributed by atoms with E-state index >= 15 is 0 Å². The predicted octanol–water partition coefficient (Wildman–Crippen LogP) is 4.61. The lowest BCUT2D eigenvalue weighted by Crippen LogP contribution is -2.30. The number of carbonyl (C=O) groups is 1. The molecule has 0 bridgehead atoms. The van der Waals surface area contributed by atoms with Crippen molar-refractivity contribution in [3.8, 4) is 5.69 Å². The molecular weight excluding hydrogens is 462 g/mol. The summed E-state index contributed by atoms with van der Waals surface area (Å²) in [5.74, 6) is 1.26. The fraction of sp³-hybridized carbons (Fsp3) is 0.308. The minimum Gasteiger partial charge on any atom is -0.423 e. The monoisotopic (exact) mass is 489 g/mol. The zero-order valence-electron chi connectivity index (χ0n) is 19.6. The van der Waals surface area contributed by atoms with Crippen LogP contribution in [0.1, 0.15) is 37.6 Å². The number of nitrogens with one attached hydrogen (secondary N) is 1. The Morgan fingerprint density at radius 3 is 2.63 bits per heavy atom. The Hall–Kier alpha value is -3.43. The normalized spacial score (nSPS) is 14.3. The van der Waals surface area contributed by atoms with Crippen LogP contribution in [0.25, 0.3) is 16.7 Å². The maximum absolute atomic E-state index is 12.3. The molecule has 0 saturated carbocycles. The lowest BCUT2D eigenvalue weighted by atomic mass is 10.1. The quantitative estimate of drug-likeness (QED) is 0.299. The van der Waals surface area contributed by atoms with Gasteiger partial charge in [0.05, 0.1) is 6.54 Å². The van der Waals surface area contributed by atoms with Gasteiger partial charge in [-0.1, -0.05) is 36.4 Å². The van der Waals surface area contributed by atoms with Gasteiger partial charge in [-0.3, -0.25) is 14.3 Å². The topological polar surface area (TPSA) is 93.3 Å². The predicted molar refractivity (Wildman–Crippen MR) is 137 cm³/mol. The number of likely N-dealkylation sites (tertiary alicyclic amines) is 1. The van der Waals surface area contributed by atoms with E-state index in [0.717, 1.165) is 47.3 Å². The fourth-order valence-electron chi connectivity index (χ4n) is 4.42. The highest BCUT2D eigenvalue weighted by atomic mass is 32.2. The van der Waals surface area contributed by atoms with E-state index in [1.54, 1.807) is 12.1 Å². The average molecular weight is 490 g/mol. The first-order valence-corrected chi connectivity index (χ1v) is 12.7. The number of rotatable bonds is 7. The number of nitrogens with zero attached hydrogens (tertiary/aromatic N) is 4. The molecule has 1 saturated heterocycles. The van der Waals surface area contributed by atoms with Crippen molar-refractivity contribution in [2.45, 2.75) is 43.6 Å². The molecule has 1 aliphatic rings. The Morgan fingerprint density at radius 1 is 1.06 bits per heavy atom. The Morgan fingerprint density at radius 2 is 1.86 bits per heavy atom. The molecule has 1 N–H and O–H groups in total. The van der Waals surface area contributed by atoms with Gasteiger partial charge in [-0.05, 0) is 55.8 Å². The van der Waals surface area contributed by atoms with Crippen molar-refractivity contribution < 1.29 is 9.21 Å². The van der Waals surface area contributed by atoms with Gasteiger partial charge in [0.2, 0.25) is 5.91 Å². The Balaban J connectivity index is 1.44. The highest BCUT2D eigenvalue weighted by Gasteiger charge is 2.19. The van der Waals surface area contributed by atoms with Crippen LogP contribution in [0.4, 0.5) is 5.69 Å². The number of fused-ring (bicyclic) bond motifs is 1. The number of thioether (sulfide) groups is 1. The third-order valence-corrected chi connectivity index (χ3v) is 7.01. The van der Waals surface area contributed by atoms with Crippen LogP contribution in [-0.2, 0) is 17.1 Å². The van der Waals surface area contributed by atoms with Gasteiger partial charge in [-0.25, -0.2) is 4.79 Å². The molecule has 4 aromatic rings. The van der Waals surface area contributed by atoms with E-state index in [1.165, 1.54) is 44.0 Å². The number of carbonyl (C=O) groups excluding carboxylic acids is 1. The van der Waals surface area contributed by atoms with E-state index in [9.17, 15) is 9.59 Å². The van der Waals surface area contributed by atoms with Crippen molar-refractivity contribution in [1.82, 2.24) is 19.7 Å². The van der Waals surface area contributed by atoms with Crippen molar-refractivity contribution in [2.24, 2.45) is 0 Å². The van der Waals surface area contributed by atoms with Gasteiger partial charge < -0.3 is 9.73 Å². The zero-order chi connectivity index (χ0) is 24.2. The molecule has 1 amide bonds. The van der Waals surface area contributed by atoms with Gasteiger partial charge in [-0.2, -0.15) is 0 Å². The molecule has 0 radical (unpaired) electrons. The van der Waals surface area contributed by atoms with Crippen LogP contribution >= 0.6 is 11.8 Å². The van der Waals surface area contributed by atoms with Crippen LogP contribution in [0.5, 0.6) is 0 Å². The van der Waals surface area contributed by atoms with Crippen LogP contribution in [0.15, 0.2) is 69.0 Å². The number of para-hydroxylation sites is 1. The van der Waals surface area contributed by atoms with Crippen molar-refractivity contribution in [3.63, 3.8) is 0 Å². The van der Waals surface area contributed by atoms with E-state index in [-0.39, 0.29) is 5.91 Å². The van der Waals surface area contributed by atoms with E-state index in [4.69, 9.17) is 4.42 Å². The number of amides is 1. The molecule has 1 fully saturated rings. The van der Waals surface area contributed by atoms with E-state index in [1.807, 2.05) is 24.3 Å². The van der Waals surface area contributed by atoms with E-state index in [0.29, 0.717) is 17.0 Å². The molecule has 5 rings (SSSR count). The summed E-state index contributed by atoms with van der Waals surface area (Å²) in [5.41, 5.74) is 2.46. The van der Waals surface area contributed by atoms with Gasteiger partial charge in [0.1, 0.15) is 5.58 Å². The summed E-state index contributed by atoms with van der Waals surface area (Å²) < 4.78 is 7.52. The smallest absolute Gasteiger partial charge is 0.336 e. The number of anilines is 1. The Labute approximate surface area is 207 Å². The minimum absolute atomic E-state index is 0.181. The second-order valence-electron chi connectivity index (χ2n) is 8.68. The van der Waals surface area contributed by atoms with Gasteiger partial charge in [0.25, 0.3) is 0 Å². The largest absolute Gasteiger partial charge is 0.423 e. The maximum Gasteiger partial charge on any atom is 0.336 e. The van der Waals surface area contributed by atoms with Crippen LogP contribution < -0.4 is 10.9 Å². The summed E-state index contributed by atoms with van der Waals surface area (Å²) >= 11 is 1.54. The van der Waals surface area contributed by atoms with E-state index in [2.05, 4.69) is 37.1 Å². The Bertz CT molecular complexity index is 1390. The number of piperidine rings is 1. The molecule has 2 aromatic carbocycles. The van der Waals surface area contributed by atoms with Crippen molar-refractivity contribution in [3.05, 3.63) is 76.4 Å². The molecule has 1 aliphatic heterocycles. The van der Waals surface area contributed by atoms with Crippen molar-refractivity contribution >= 4 is 34.3 Å². The van der Waals surface area contributed by atoms with E-state index < -0.39 is 5.63 Å². The molecular formula is C26H27N5O3S. The first kappa shape index (κ1) is 23.3. The molecule has 3 heterocycles. The molecule has 0 aliphatic carbocycles. The molecule has 2 aromatic heterocycles. The molecule has 8 nitrogen and oxygen atoms in total. The molecule has 0 unspecified atom stereocenters. The van der Waals surface area contributed by atoms with Crippen LogP contribution in [0, 0.1) is 0 Å². The number of hydrogen-bond donors (Lipinski definition) is 1. The molecule has 0 atom stereocenters. The second-order valence-corrected chi connectivity index (χ2v) is 9.62. The number of aromatic nitrogens is 3. The fourth-order valence-corrected chi connectivity index (χ4v) is 5.38. The van der Waals surface area contributed by atoms with Crippen LogP contribution in [0.2, 0.25) is 0 Å². The molecule has 0 spiro atoms. The SMILES string of the molecule is CC(=O)Nc1ccc2c(CSc3nnc(CN4CCCCC4)n3-c3ccccc3)cc(=O)oc2c1. The third-order valence-electron chi connectivity index (χ3n) is 6.04. The van der Waals surface area contributed by atoms with Crippen molar-refractivity contribution in [1.29, 1.82) is 0 Å². The first-order valence-electron chi connectivity index (χ1n) is 11.8. The highest BCUT2D eigenvalue weighted by molar-refractivity contribution is 7.98. The van der Waals surface area contributed by atoms with Gasteiger partial charge >= 0.3 is 5.63 Å². The summed E-state index contributed by atoms with van der Waals surface area (Å²) in [6.07, 6.45) is 3.72. The lowest BCUT2D eigenvalue weighted by Gasteiger charge is -2.26. The lowest BCUT2D eigenvalue weighted by molar-refractivity contribution is -0.114. The summed E-state index contributed by atoms with van der Waals surface area (Å²) in [5, 5.41) is 13.4. The van der Waals surface area contributed by atoms with Gasteiger partial charge in [0, 0.05) is 41.6 Å². The molecule has 9 heteroatoms. The summed E-state index contributed by atoms with van der Waals surface area (Å²) in [4.78, 5) is 26.1. The molecule has 35 heavy (non-hydrogen) atoms. The van der Waals surface area contributed by atoms with Gasteiger partial charge in [0.15, 0.2) is 11.0 Å². The summed E-state index contributed by atoms with van der Waals surface area (Å²) in [6, 6.07) is 17.0. The third kappa shape index (κ3) is 5.47. The zero-order valence-corrected chi connectivity index (χ0v) is 20.4. The highest BCUT2D eigenvalue weighted by Crippen LogP contribution is 2.29. The summed E-state index contributed by atoms with van der Waals surface area (Å²) in [7, 11) is 0. The van der Waals surface area contributed by atoms with Crippen LogP contribution in [-0.4, -0.2) is 38.7 Å². The standard InChI is InChI=1S/C26H27N5O3S/c1-18(32)27-20-10-11-22-19(14-25(33)34-23(22)15-20)17-35-26-29-28-24(16-30-12-6-3-7-13-30)31(26)21-8-4-2-5-9-21/h2,4-5,8-11,14-15H,3,6-7,12-13,16-17H2,1H3,(H,27,32). The number of hydrogen-bond acceptors (Lipinski definition) is 7. The van der Waals surface area contributed by atoms with Crippen molar-refractivity contribution in [2.75, 3.05) is 18.4 Å². The number of benzene rings is 2. The van der Waals surface area contributed by atoms with Gasteiger partial charge in [-0.15, -0.1) is 10.2 Å². The summed E-state index contributed by atoms with van der Waals surface area (Å²) in [6.45, 7) is 4.36. The maximum atomic E-state index is 12.3. The average Bonchev–Trinajstić information content (AvgIpc) is 3.25. The second kappa shape index (κ2) is 10.5. The molecule has 180 valence electrons.